The molecular weight excluding hydrogens is 254 g/mol. The van der Waals surface area contributed by atoms with Crippen molar-refractivity contribution in [2.45, 2.75) is 25.9 Å². The van der Waals surface area contributed by atoms with E-state index >= 15 is 0 Å². The lowest BCUT2D eigenvalue weighted by atomic mass is 10.1. The van der Waals surface area contributed by atoms with Gasteiger partial charge in [0.25, 0.3) is 0 Å². The van der Waals surface area contributed by atoms with Crippen molar-refractivity contribution in [3.63, 3.8) is 0 Å². The molecule has 0 aromatic carbocycles. The molecule has 1 aromatic rings. The number of methoxy groups -OCH3 is 2. The Bertz CT molecular complexity index is 387. The van der Waals surface area contributed by atoms with E-state index in [0.29, 0.717) is 19.3 Å². The van der Waals surface area contributed by atoms with Gasteiger partial charge in [0.05, 0.1) is 19.3 Å². The summed E-state index contributed by atoms with van der Waals surface area (Å²) < 4.78 is 10.5. The maximum absolute atomic E-state index is 5.26. The van der Waals surface area contributed by atoms with Crippen LogP contribution in [0.25, 0.3) is 0 Å². The van der Waals surface area contributed by atoms with Crippen molar-refractivity contribution in [2.24, 2.45) is 0 Å². The Morgan fingerprint density at radius 3 is 2.65 bits per heavy atom. The van der Waals surface area contributed by atoms with Gasteiger partial charge in [0.2, 0.25) is 0 Å². The average molecular weight is 281 g/mol. The Hall–Kier alpha value is -1.17. The van der Waals surface area contributed by atoms with E-state index in [1.807, 2.05) is 19.3 Å². The van der Waals surface area contributed by atoms with Crippen LogP contribution in [-0.2, 0) is 9.47 Å². The smallest absolute Gasteiger partial charge is 0.129 e. The van der Waals surface area contributed by atoms with Gasteiger partial charge in [0.1, 0.15) is 5.82 Å². The van der Waals surface area contributed by atoms with Gasteiger partial charge < -0.3 is 19.7 Å². The van der Waals surface area contributed by atoms with Gasteiger partial charge in [-0.25, -0.2) is 4.98 Å². The fourth-order valence-corrected chi connectivity index (χ4v) is 2.11. The summed E-state index contributed by atoms with van der Waals surface area (Å²) in [5.74, 6) is 0.964. The second-order valence-electron chi connectivity index (χ2n) is 4.95. The SMILES string of the molecule is CNC(C)c1ccnc(N(CCOC)C(C)COC)c1. The topological polar surface area (TPSA) is 46.6 Å². The van der Waals surface area contributed by atoms with Crippen LogP contribution in [0.5, 0.6) is 0 Å². The largest absolute Gasteiger partial charge is 0.383 e. The first-order chi connectivity index (χ1) is 9.63. The van der Waals surface area contributed by atoms with Crippen LogP contribution in [0.1, 0.15) is 25.5 Å². The Kier molecular flexibility index (Phi) is 7.51. The van der Waals surface area contributed by atoms with Gasteiger partial charge in [-0.15, -0.1) is 0 Å². The van der Waals surface area contributed by atoms with Crippen LogP contribution >= 0.6 is 0 Å². The highest BCUT2D eigenvalue weighted by Gasteiger charge is 2.16. The molecule has 0 spiro atoms. The fourth-order valence-electron chi connectivity index (χ4n) is 2.11. The summed E-state index contributed by atoms with van der Waals surface area (Å²) >= 11 is 0. The van der Waals surface area contributed by atoms with E-state index < -0.39 is 0 Å². The maximum Gasteiger partial charge on any atom is 0.129 e. The summed E-state index contributed by atoms with van der Waals surface area (Å²) in [6, 6.07) is 4.73. The van der Waals surface area contributed by atoms with E-state index in [2.05, 4.69) is 35.1 Å². The molecule has 0 aliphatic rings. The second-order valence-corrected chi connectivity index (χ2v) is 4.95. The van der Waals surface area contributed by atoms with Gasteiger partial charge in [0, 0.05) is 33.0 Å². The van der Waals surface area contributed by atoms with Crippen molar-refractivity contribution in [2.75, 3.05) is 45.9 Å². The van der Waals surface area contributed by atoms with Crippen LogP contribution in [0.2, 0.25) is 0 Å². The molecule has 1 aromatic heterocycles. The van der Waals surface area contributed by atoms with Crippen molar-refractivity contribution in [1.82, 2.24) is 10.3 Å². The van der Waals surface area contributed by atoms with Crippen molar-refractivity contribution < 1.29 is 9.47 Å². The van der Waals surface area contributed by atoms with Crippen LogP contribution in [0.15, 0.2) is 18.3 Å². The molecule has 0 fully saturated rings. The minimum atomic E-state index is 0.253. The highest BCUT2D eigenvalue weighted by molar-refractivity contribution is 5.43. The third kappa shape index (κ3) is 4.74. The number of nitrogens with one attached hydrogen (secondary N) is 1. The molecule has 0 saturated heterocycles. The molecule has 1 rings (SSSR count). The first-order valence-corrected chi connectivity index (χ1v) is 7.01. The van der Waals surface area contributed by atoms with E-state index in [-0.39, 0.29) is 6.04 Å². The predicted octanol–water partition coefficient (Wildman–Crippen LogP) is 1.85. The Balaban J connectivity index is 2.94. The molecule has 2 atom stereocenters. The van der Waals surface area contributed by atoms with Crippen LogP contribution in [0.3, 0.4) is 0 Å². The van der Waals surface area contributed by atoms with Crippen LogP contribution in [0.4, 0.5) is 5.82 Å². The molecule has 0 saturated carbocycles. The number of hydrogen-bond donors (Lipinski definition) is 1. The van der Waals surface area contributed by atoms with Crippen molar-refractivity contribution in [1.29, 1.82) is 0 Å². The molecule has 0 aliphatic carbocycles. The van der Waals surface area contributed by atoms with E-state index in [9.17, 15) is 0 Å². The molecule has 0 bridgehead atoms. The monoisotopic (exact) mass is 281 g/mol. The summed E-state index contributed by atoms with van der Waals surface area (Å²) in [7, 11) is 5.39. The highest BCUT2D eigenvalue weighted by atomic mass is 16.5. The number of pyridine rings is 1. The minimum Gasteiger partial charge on any atom is -0.383 e. The van der Waals surface area contributed by atoms with Gasteiger partial charge in [-0.2, -0.15) is 0 Å². The van der Waals surface area contributed by atoms with E-state index in [0.717, 1.165) is 12.4 Å². The van der Waals surface area contributed by atoms with Gasteiger partial charge in [-0.05, 0) is 38.6 Å². The predicted molar refractivity (Wildman–Crippen MR) is 82.3 cm³/mol. The number of aromatic nitrogens is 1. The Labute approximate surface area is 122 Å². The van der Waals surface area contributed by atoms with Crippen LogP contribution in [-0.4, -0.2) is 52.1 Å². The standard InChI is InChI=1S/C15H27N3O2/c1-12(11-20-5)18(8-9-19-4)15-10-14(6-7-17-15)13(2)16-3/h6-7,10,12-13,16H,8-9,11H2,1-5H3. The lowest BCUT2D eigenvalue weighted by Gasteiger charge is -2.30. The first-order valence-electron chi connectivity index (χ1n) is 7.01. The van der Waals surface area contributed by atoms with Crippen molar-refractivity contribution in [3.05, 3.63) is 23.9 Å². The molecule has 5 heteroatoms. The van der Waals surface area contributed by atoms with Crippen molar-refractivity contribution in [3.8, 4) is 0 Å². The summed E-state index contributed by atoms with van der Waals surface area (Å²) in [5.41, 5.74) is 1.23. The second kappa shape index (κ2) is 8.89. The third-order valence-electron chi connectivity index (χ3n) is 3.47. The van der Waals surface area contributed by atoms with Gasteiger partial charge in [-0.3, -0.25) is 0 Å². The number of hydrogen-bond acceptors (Lipinski definition) is 5. The van der Waals surface area contributed by atoms with Crippen molar-refractivity contribution >= 4 is 5.82 Å². The van der Waals surface area contributed by atoms with Crippen LogP contribution < -0.4 is 10.2 Å². The molecule has 0 aliphatic heterocycles. The number of ether oxygens (including phenoxy) is 2. The first kappa shape index (κ1) is 16.9. The number of rotatable bonds is 9. The maximum atomic E-state index is 5.26. The fraction of sp³-hybridized carbons (Fsp3) is 0.667. The van der Waals surface area contributed by atoms with Gasteiger partial charge in [-0.1, -0.05) is 0 Å². The lowest BCUT2D eigenvalue weighted by molar-refractivity contribution is 0.170. The van der Waals surface area contributed by atoms with Crippen LogP contribution in [0, 0.1) is 0 Å². The summed E-state index contributed by atoms with van der Waals surface area (Å²) in [6.45, 7) is 6.40. The molecule has 20 heavy (non-hydrogen) atoms. The van der Waals surface area contributed by atoms with Gasteiger partial charge in [0.15, 0.2) is 0 Å². The third-order valence-corrected chi connectivity index (χ3v) is 3.47. The van der Waals surface area contributed by atoms with E-state index in [1.54, 1.807) is 14.2 Å². The quantitative estimate of drug-likeness (QED) is 0.748. The highest BCUT2D eigenvalue weighted by Crippen LogP contribution is 2.19. The Morgan fingerprint density at radius 1 is 1.30 bits per heavy atom. The van der Waals surface area contributed by atoms with E-state index in [1.165, 1.54) is 5.56 Å². The molecule has 1 heterocycles. The number of nitrogens with zero attached hydrogens (tertiary/aromatic N) is 2. The zero-order valence-corrected chi connectivity index (χ0v) is 13.2. The molecule has 114 valence electrons. The minimum absolute atomic E-state index is 0.253. The summed E-state index contributed by atoms with van der Waals surface area (Å²) in [5, 5.41) is 3.25. The molecular formula is C15H27N3O2. The zero-order chi connectivity index (χ0) is 15.0. The molecule has 5 nitrogen and oxygen atoms in total. The molecule has 0 radical (unpaired) electrons. The molecule has 2 unspecified atom stereocenters. The molecule has 1 N–H and O–H groups in total. The zero-order valence-electron chi connectivity index (χ0n) is 13.2. The normalized spacial score (nSPS) is 14.1. The Morgan fingerprint density at radius 2 is 2.05 bits per heavy atom. The summed E-state index contributed by atoms with van der Waals surface area (Å²) in [4.78, 5) is 6.72. The number of anilines is 1. The summed E-state index contributed by atoms with van der Waals surface area (Å²) in [6.07, 6.45) is 1.86. The molecule has 0 amide bonds. The van der Waals surface area contributed by atoms with E-state index in [4.69, 9.17) is 9.47 Å². The lowest BCUT2D eigenvalue weighted by Crippen LogP contribution is -2.39. The average Bonchev–Trinajstić information content (AvgIpc) is 2.47. The van der Waals surface area contributed by atoms with Gasteiger partial charge >= 0.3 is 0 Å².